The normalized spacial score (nSPS) is 11.1. The number of hydrogen-bond acceptors (Lipinski definition) is 6. The summed E-state index contributed by atoms with van der Waals surface area (Å²) in [6, 6.07) is 13.4. The van der Waals surface area contributed by atoms with Gasteiger partial charge in [-0.15, -0.1) is 0 Å². The number of rotatable bonds is 10. The number of hydrogen-bond donors (Lipinski definition) is 2. The number of benzene rings is 2. The Morgan fingerprint density at radius 1 is 0.935 bits per heavy atom. The summed E-state index contributed by atoms with van der Waals surface area (Å²) in [4.78, 5) is 23.9. The molecule has 0 bridgehead atoms. The van der Waals surface area contributed by atoms with Crippen LogP contribution in [0.2, 0.25) is 0 Å². The van der Waals surface area contributed by atoms with Crippen molar-refractivity contribution in [3.63, 3.8) is 0 Å². The molecule has 2 aromatic rings. The van der Waals surface area contributed by atoms with Gasteiger partial charge in [0.15, 0.2) is 0 Å². The van der Waals surface area contributed by atoms with E-state index in [2.05, 4.69) is 10.9 Å². The van der Waals surface area contributed by atoms with Gasteiger partial charge in [0.25, 0.3) is 5.91 Å². The van der Waals surface area contributed by atoms with Crippen LogP contribution in [0.1, 0.15) is 18.4 Å². The lowest BCUT2D eigenvalue weighted by Gasteiger charge is -2.17. The zero-order chi connectivity index (χ0) is 22.9. The average molecular weight is 450 g/mol. The fourth-order valence-corrected chi connectivity index (χ4v) is 3.64. The van der Waals surface area contributed by atoms with Gasteiger partial charge in [-0.3, -0.25) is 20.4 Å². The first-order valence-corrected chi connectivity index (χ1v) is 11.0. The lowest BCUT2D eigenvalue weighted by molar-refractivity contribution is -0.129. The number of amides is 2. The molecule has 0 atom stereocenters. The zero-order valence-electron chi connectivity index (χ0n) is 17.8. The van der Waals surface area contributed by atoms with Crippen LogP contribution in [0.4, 0.5) is 0 Å². The van der Waals surface area contributed by atoms with Gasteiger partial charge >= 0.3 is 0 Å². The Bertz CT molecular complexity index is 975. The molecule has 0 saturated carbocycles. The molecule has 0 spiro atoms. The minimum Gasteiger partial charge on any atom is -0.497 e. The monoisotopic (exact) mass is 449 g/mol. The van der Waals surface area contributed by atoms with Crippen LogP contribution in [-0.2, 0) is 19.6 Å². The second-order valence-corrected chi connectivity index (χ2v) is 8.84. The van der Waals surface area contributed by atoms with Gasteiger partial charge in [-0.05, 0) is 49.7 Å². The van der Waals surface area contributed by atoms with E-state index in [1.54, 1.807) is 43.5 Å². The van der Waals surface area contributed by atoms with Crippen molar-refractivity contribution in [2.75, 3.05) is 27.3 Å². The Hall–Kier alpha value is -3.11. The number of ether oxygens (including phenoxy) is 2. The van der Waals surface area contributed by atoms with Crippen LogP contribution in [0.3, 0.4) is 0 Å². The van der Waals surface area contributed by atoms with E-state index in [0.29, 0.717) is 18.8 Å². The van der Waals surface area contributed by atoms with Crippen LogP contribution in [0.25, 0.3) is 0 Å². The molecule has 9 nitrogen and oxygen atoms in total. The van der Waals surface area contributed by atoms with Crippen LogP contribution in [0.5, 0.6) is 11.5 Å². The molecule has 0 radical (unpaired) electrons. The fraction of sp³-hybridized carbons (Fsp3) is 0.333. The molecule has 0 heterocycles. The van der Waals surface area contributed by atoms with E-state index in [1.807, 2.05) is 6.92 Å². The molecule has 31 heavy (non-hydrogen) atoms. The van der Waals surface area contributed by atoms with Crippen molar-refractivity contribution in [1.29, 1.82) is 0 Å². The fourth-order valence-electron chi connectivity index (χ4n) is 2.51. The summed E-state index contributed by atoms with van der Waals surface area (Å²) in [6.07, 6.45) is 0.573. The van der Waals surface area contributed by atoms with Gasteiger partial charge in [-0.25, -0.2) is 8.42 Å². The minimum atomic E-state index is -3.80. The zero-order valence-corrected chi connectivity index (χ0v) is 18.6. The third kappa shape index (κ3) is 7.58. The first-order chi connectivity index (χ1) is 14.7. The van der Waals surface area contributed by atoms with Crippen molar-refractivity contribution >= 4 is 21.8 Å². The number of carbonyl (C=O) groups excluding carboxylic acids is 2. The predicted octanol–water partition coefficient (Wildman–Crippen LogP) is 1.63. The molecule has 0 aliphatic heterocycles. The Morgan fingerprint density at radius 3 is 2.13 bits per heavy atom. The van der Waals surface area contributed by atoms with Gasteiger partial charge in [-0.1, -0.05) is 17.7 Å². The Labute approximate surface area is 182 Å². The largest absolute Gasteiger partial charge is 0.497 e. The third-order valence-electron chi connectivity index (χ3n) is 4.31. The SMILES string of the molecule is COc1ccc(OCCCC(=O)NNC(=O)CN(C)S(=O)(=O)c2ccc(C)cc2)cc1. The highest BCUT2D eigenvalue weighted by molar-refractivity contribution is 7.89. The van der Waals surface area contributed by atoms with Crippen molar-refractivity contribution in [3.8, 4) is 11.5 Å². The molecule has 0 aromatic heterocycles. The number of carbonyl (C=O) groups is 2. The maximum absolute atomic E-state index is 12.5. The first-order valence-electron chi connectivity index (χ1n) is 9.60. The highest BCUT2D eigenvalue weighted by Crippen LogP contribution is 2.17. The molecule has 2 rings (SSSR count). The first kappa shape index (κ1) is 24.2. The van der Waals surface area contributed by atoms with Crippen LogP contribution in [0.15, 0.2) is 53.4 Å². The quantitative estimate of drug-likeness (QED) is 0.421. The maximum Gasteiger partial charge on any atom is 0.253 e. The van der Waals surface area contributed by atoms with E-state index in [9.17, 15) is 18.0 Å². The minimum absolute atomic E-state index is 0.0919. The molecule has 2 aromatic carbocycles. The van der Waals surface area contributed by atoms with E-state index in [0.717, 1.165) is 15.6 Å². The van der Waals surface area contributed by atoms with Gasteiger partial charge in [0.2, 0.25) is 15.9 Å². The van der Waals surface area contributed by atoms with Gasteiger partial charge in [-0.2, -0.15) is 4.31 Å². The third-order valence-corrected chi connectivity index (χ3v) is 6.13. The molecule has 10 heteroatoms. The summed E-state index contributed by atoms with van der Waals surface area (Å²) < 4.78 is 36.5. The van der Waals surface area contributed by atoms with E-state index < -0.39 is 28.4 Å². The number of likely N-dealkylation sites (N-methyl/N-ethyl adjacent to an activating group) is 1. The number of nitrogens with zero attached hydrogens (tertiary/aromatic N) is 1. The van der Waals surface area contributed by atoms with Gasteiger partial charge in [0, 0.05) is 13.5 Å². The summed E-state index contributed by atoms with van der Waals surface area (Å²) in [5.41, 5.74) is 5.41. The van der Waals surface area contributed by atoms with Crippen molar-refractivity contribution in [2.24, 2.45) is 0 Å². The second-order valence-electron chi connectivity index (χ2n) is 6.80. The smallest absolute Gasteiger partial charge is 0.253 e. The van der Waals surface area contributed by atoms with Crippen LogP contribution >= 0.6 is 0 Å². The van der Waals surface area contributed by atoms with Crippen LogP contribution in [0, 0.1) is 6.92 Å². The summed E-state index contributed by atoms with van der Waals surface area (Å²) in [7, 11) is -0.926. The molecular formula is C21H27N3O6S. The van der Waals surface area contributed by atoms with E-state index in [-0.39, 0.29) is 11.3 Å². The molecule has 168 valence electrons. The molecule has 2 N–H and O–H groups in total. The second kappa shape index (κ2) is 11.3. The standard InChI is InChI=1S/C21H27N3O6S/c1-16-6-12-19(13-7-16)31(27,28)24(2)15-21(26)23-22-20(25)5-4-14-30-18-10-8-17(29-3)9-11-18/h6-13H,4-5,14-15H2,1-3H3,(H,22,25)(H,23,26). The van der Waals surface area contributed by atoms with Crippen LogP contribution in [-0.4, -0.2) is 51.8 Å². The Balaban J connectivity index is 1.68. The lowest BCUT2D eigenvalue weighted by Crippen LogP contribution is -2.46. The Morgan fingerprint density at radius 2 is 1.52 bits per heavy atom. The summed E-state index contributed by atoms with van der Waals surface area (Å²) in [5.74, 6) is 0.323. The number of hydrazine groups is 1. The Kier molecular flexibility index (Phi) is 8.83. The van der Waals surface area contributed by atoms with E-state index >= 15 is 0 Å². The summed E-state index contributed by atoms with van der Waals surface area (Å²) >= 11 is 0. The molecule has 0 aliphatic carbocycles. The molecular weight excluding hydrogens is 422 g/mol. The van der Waals surface area contributed by atoms with Crippen molar-refractivity contribution in [1.82, 2.24) is 15.2 Å². The van der Waals surface area contributed by atoms with E-state index in [1.165, 1.54) is 19.2 Å². The molecule has 0 unspecified atom stereocenters. The highest BCUT2D eigenvalue weighted by atomic mass is 32.2. The lowest BCUT2D eigenvalue weighted by atomic mass is 10.2. The van der Waals surface area contributed by atoms with Crippen LogP contribution < -0.4 is 20.3 Å². The van der Waals surface area contributed by atoms with Crippen molar-refractivity contribution in [3.05, 3.63) is 54.1 Å². The number of sulfonamides is 1. The topological polar surface area (TPSA) is 114 Å². The summed E-state index contributed by atoms with van der Waals surface area (Å²) in [5, 5.41) is 0. The van der Waals surface area contributed by atoms with Gasteiger partial charge in [0.05, 0.1) is 25.2 Å². The number of nitrogens with one attached hydrogen (secondary N) is 2. The van der Waals surface area contributed by atoms with Gasteiger partial charge < -0.3 is 9.47 Å². The van der Waals surface area contributed by atoms with Crippen molar-refractivity contribution < 1.29 is 27.5 Å². The molecule has 2 amide bonds. The maximum atomic E-state index is 12.5. The van der Waals surface area contributed by atoms with Crippen molar-refractivity contribution in [2.45, 2.75) is 24.7 Å². The van der Waals surface area contributed by atoms with E-state index in [4.69, 9.17) is 9.47 Å². The highest BCUT2D eigenvalue weighted by Gasteiger charge is 2.22. The average Bonchev–Trinajstić information content (AvgIpc) is 2.76. The molecule has 0 fully saturated rings. The molecule has 0 aliphatic rings. The van der Waals surface area contributed by atoms with Gasteiger partial charge in [0.1, 0.15) is 11.5 Å². The molecule has 0 saturated heterocycles. The number of aryl methyl sites for hydroxylation is 1. The number of methoxy groups -OCH3 is 1. The summed E-state index contributed by atoms with van der Waals surface area (Å²) in [6.45, 7) is 1.74. The predicted molar refractivity (Wildman–Crippen MR) is 115 cm³/mol.